The molecule has 88 valence electrons. The summed E-state index contributed by atoms with van der Waals surface area (Å²) in [4.78, 5) is 0. The van der Waals surface area contributed by atoms with Gasteiger partial charge in [-0.3, -0.25) is 0 Å². The maximum atomic E-state index is 5.86. The van der Waals surface area contributed by atoms with E-state index in [0.29, 0.717) is 0 Å². The van der Waals surface area contributed by atoms with Gasteiger partial charge in [0.1, 0.15) is 5.75 Å². The van der Waals surface area contributed by atoms with Crippen LogP contribution in [0.4, 0.5) is 0 Å². The van der Waals surface area contributed by atoms with Crippen molar-refractivity contribution < 1.29 is 4.74 Å². The largest absolute Gasteiger partial charge is 0.496 e. The molecule has 0 aliphatic rings. The molecule has 0 radical (unpaired) electrons. The summed E-state index contributed by atoms with van der Waals surface area (Å²) in [5.41, 5.74) is 0. The van der Waals surface area contributed by atoms with Crippen LogP contribution in [0.5, 0.6) is 5.75 Å². The molecular weight excluding hydrogens is 247 g/mol. The van der Waals surface area contributed by atoms with Crippen LogP contribution in [0.3, 0.4) is 0 Å². The smallest absolute Gasteiger partial charge is 0.127 e. The lowest BCUT2D eigenvalue weighted by atomic mass is 10.3. The number of hydrogen-bond acceptors (Lipinski definition) is 2. The summed E-state index contributed by atoms with van der Waals surface area (Å²) in [6.45, 7) is 2.15. The van der Waals surface area contributed by atoms with Crippen LogP contribution < -0.4 is 15.3 Å². The van der Waals surface area contributed by atoms with Crippen LogP contribution in [0.1, 0.15) is 0 Å². The van der Waals surface area contributed by atoms with Gasteiger partial charge >= 0.3 is 0 Å². The second kappa shape index (κ2) is 5.03. The highest BCUT2D eigenvalue weighted by molar-refractivity contribution is 8.21. The topological polar surface area (TPSA) is 9.23 Å². The average molecular weight is 262 g/mol. The molecule has 0 spiro atoms. The summed E-state index contributed by atoms with van der Waals surface area (Å²) >= 11 is 5.86. The minimum atomic E-state index is -1.74. The van der Waals surface area contributed by atoms with Crippen LogP contribution in [0, 0.1) is 0 Å². The first-order chi connectivity index (χ1) is 8.16. The molecule has 0 unspecified atom stereocenters. The lowest BCUT2D eigenvalue weighted by Crippen LogP contribution is -2.16. The van der Waals surface area contributed by atoms with Crippen molar-refractivity contribution in [1.29, 1.82) is 0 Å². The van der Waals surface area contributed by atoms with Crippen molar-refractivity contribution in [3.63, 3.8) is 0 Å². The number of ether oxygens (including phenoxy) is 1. The second-order valence-electron chi connectivity index (χ2n) is 3.93. The summed E-state index contributed by atoms with van der Waals surface area (Å²) in [6, 6.07) is 16.6. The molecule has 2 aromatic rings. The Hall–Kier alpha value is -1.11. The Kier molecular flexibility index (Phi) is 3.66. The molecule has 0 heterocycles. The minimum absolute atomic E-state index is 0.891. The fraction of sp³-hybridized carbons (Fsp3) is 0.143. The Balaban J connectivity index is 2.56. The monoisotopic (exact) mass is 262 g/mol. The van der Waals surface area contributed by atoms with E-state index in [4.69, 9.17) is 16.5 Å². The summed E-state index contributed by atoms with van der Waals surface area (Å²) in [7, 11) is 1.69. The van der Waals surface area contributed by atoms with Crippen molar-refractivity contribution in [2.24, 2.45) is 0 Å². The fourth-order valence-corrected chi connectivity index (χ4v) is 4.63. The van der Waals surface area contributed by atoms with Gasteiger partial charge in [0, 0.05) is 11.3 Å². The lowest BCUT2D eigenvalue weighted by molar-refractivity contribution is 0.418. The van der Waals surface area contributed by atoms with Gasteiger partial charge in [-0.1, -0.05) is 54.3 Å². The molecule has 1 nitrogen and oxygen atoms in total. The zero-order chi connectivity index (χ0) is 12.3. The summed E-state index contributed by atoms with van der Waals surface area (Å²) < 4.78 is 5.41. The van der Waals surface area contributed by atoms with E-state index in [1.807, 2.05) is 36.4 Å². The Morgan fingerprint density at radius 2 is 1.53 bits per heavy atom. The Labute approximate surface area is 107 Å². The lowest BCUT2D eigenvalue weighted by Gasteiger charge is -2.20. The third-order valence-electron chi connectivity index (χ3n) is 2.79. The molecule has 0 fully saturated rings. The number of rotatable bonds is 3. The van der Waals surface area contributed by atoms with Crippen molar-refractivity contribution in [2.45, 2.75) is 0 Å². The highest BCUT2D eigenvalue weighted by Gasteiger charge is 2.19. The van der Waals surface area contributed by atoms with Gasteiger partial charge < -0.3 is 4.74 Å². The molecule has 17 heavy (non-hydrogen) atoms. The van der Waals surface area contributed by atoms with Gasteiger partial charge in [-0.15, -0.1) is 0 Å². The van der Waals surface area contributed by atoms with Crippen LogP contribution in [-0.2, 0) is 11.8 Å². The van der Waals surface area contributed by atoms with Gasteiger partial charge in [0.15, 0.2) is 0 Å². The molecule has 0 saturated carbocycles. The number of para-hydroxylation sites is 1. The summed E-state index contributed by atoms with van der Waals surface area (Å²) in [5.74, 6) is 0.891. The quantitative estimate of drug-likeness (QED) is 0.787. The molecule has 2 rings (SSSR count). The Morgan fingerprint density at radius 3 is 2.18 bits per heavy atom. The van der Waals surface area contributed by atoms with Crippen LogP contribution >= 0.6 is 6.04 Å². The Morgan fingerprint density at radius 1 is 0.941 bits per heavy atom. The predicted octanol–water partition coefficient (Wildman–Crippen LogP) is 2.76. The molecule has 2 aromatic carbocycles. The first-order valence-electron chi connectivity index (χ1n) is 5.43. The van der Waals surface area contributed by atoms with Crippen molar-refractivity contribution in [3.8, 4) is 5.75 Å². The SMILES string of the molecule is COc1ccccc1[P@](C)(=S)c1ccccc1. The molecule has 0 aliphatic carbocycles. The van der Waals surface area contributed by atoms with Gasteiger partial charge in [0.05, 0.1) is 7.11 Å². The van der Waals surface area contributed by atoms with Crippen molar-refractivity contribution >= 4 is 28.5 Å². The normalized spacial score (nSPS) is 14.0. The van der Waals surface area contributed by atoms with E-state index >= 15 is 0 Å². The molecule has 0 aliphatic heterocycles. The first-order valence-corrected chi connectivity index (χ1v) is 8.68. The van der Waals surface area contributed by atoms with E-state index in [2.05, 4.69) is 24.9 Å². The summed E-state index contributed by atoms with van der Waals surface area (Å²) in [5, 5.41) is 2.36. The highest BCUT2D eigenvalue weighted by atomic mass is 32.4. The Bertz CT molecular complexity index is 551. The van der Waals surface area contributed by atoms with Crippen molar-refractivity contribution in [1.82, 2.24) is 0 Å². The maximum Gasteiger partial charge on any atom is 0.127 e. The van der Waals surface area contributed by atoms with E-state index < -0.39 is 6.04 Å². The van der Waals surface area contributed by atoms with Crippen LogP contribution in [0.15, 0.2) is 54.6 Å². The third kappa shape index (κ3) is 2.43. The molecule has 0 N–H and O–H groups in total. The summed E-state index contributed by atoms with van der Waals surface area (Å²) in [6.07, 6.45) is 0. The van der Waals surface area contributed by atoms with E-state index in [0.717, 1.165) is 11.1 Å². The highest BCUT2D eigenvalue weighted by Crippen LogP contribution is 2.42. The number of hydrogen-bond donors (Lipinski definition) is 0. The molecule has 0 aromatic heterocycles. The van der Waals surface area contributed by atoms with Crippen molar-refractivity contribution in [2.75, 3.05) is 13.8 Å². The molecule has 0 bridgehead atoms. The minimum Gasteiger partial charge on any atom is -0.496 e. The van der Waals surface area contributed by atoms with Crippen LogP contribution in [0.2, 0.25) is 0 Å². The third-order valence-corrected chi connectivity index (χ3v) is 6.59. The number of benzene rings is 2. The van der Waals surface area contributed by atoms with Gasteiger partial charge in [-0.25, -0.2) is 0 Å². The van der Waals surface area contributed by atoms with E-state index in [1.165, 1.54) is 5.30 Å². The molecule has 1 atom stereocenters. The van der Waals surface area contributed by atoms with Gasteiger partial charge in [-0.2, -0.15) is 0 Å². The fourth-order valence-electron chi connectivity index (χ4n) is 1.83. The molecular formula is C14H15OPS. The van der Waals surface area contributed by atoms with E-state index in [9.17, 15) is 0 Å². The first kappa shape index (κ1) is 12.3. The van der Waals surface area contributed by atoms with Gasteiger partial charge in [0.2, 0.25) is 0 Å². The van der Waals surface area contributed by atoms with Crippen molar-refractivity contribution in [3.05, 3.63) is 54.6 Å². The van der Waals surface area contributed by atoms with E-state index in [-0.39, 0.29) is 0 Å². The van der Waals surface area contributed by atoms with Crippen LogP contribution in [-0.4, -0.2) is 13.8 Å². The number of methoxy groups -OCH3 is 1. The molecule has 0 saturated heterocycles. The molecule has 0 amide bonds. The van der Waals surface area contributed by atoms with Crippen LogP contribution in [0.25, 0.3) is 0 Å². The standard InChI is InChI=1S/C14H15OPS/c1-15-13-10-6-7-11-14(13)16(2,17)12-8-4-3-5-9-12/h3-11H,1-2H3/t16-/m1/s1. The van der Waals surface area contributed by atoms with E-state index in [1.54, 1.807) is 7.11 Å². The average Bonchev–Trinajstić information content (AvgIpc) is 2.39. The zero-order valence-corrected chi connectivity index (χ0v) is 11.7. The predicted molar refractivity (Wildman–Crippen MR) is 78.9 cm³/mol. The maximum absolute atomic E-state index is 5.86. The molecule has 3 heteroatoms. The second-order valence-corrected chi connectivity index (χ2v) is 8.97. The van der Waals surface area contributed by atoms with Gasteiger partial charge in [0.25, 0.3) is 0 Å². The van der Waals surface area contributed by atoms with Gasteiger partial charge in [-0.05, 0) is 24.1 Å². The zero-order valence-electron chi connectivity index (χ0n) is 9.96.